The summed E-state index contributed by atoms with van der Waals surface area (Å²) in [6.07, 6.45) is 0. The van der Waals surface area contributed by atoms with E-state index in [0.717, 1.165) is 27.8 Å². The van der Waals surface area contributed by atoms with Crippen LogP contribution in [0.2, 0.25) is 5.02 Å². The Hall–Kier alpha value is -2.00. The Morgan fingerprint density at radius 1 is 1.20 bits per heavy atom. The highest BCUT2D eigenvalue weighted by atomic mass is 35.5. The van der Waals surface area contributed by atoms with E-state index in [2.05, 4.69) is 10.3 Å². The smallest absolute Gasteiger partial charge is 0.125 e. The zero-order valence-corrected chi connectivity index (χ0v) is 11.8. The molecule has 0 radical (unpaired) electrons. The number of hydrogen-bond donors (Lipinski definition) is 2. The van der Waals surface area contributed by atoms with Gasteiger partial charge in [-0.05, 0) is 36.8 Å². The number of aryl methyl sites for hydroxylation is 1. The predicted molar refractivity (Wildman–Crippen MR) is 81.8 cm³/mol. The Labute approximate surface area is 121 Å². The Balaban J connectivity index is 1.84. The van der Waals surface area contributed by atoms with Gasteiger partial charge in [-0.25, -0.2) is 4.39 Å². The first-order valence-corrected chi connectivity index (χ1v) is 6.77. The number of benzene rings is 2. The van der Waals surface area contributed by atoms with Gasteiger partial charge in [-0.15, -0.1) is 0 Å². The number of rotatable bonds is 3. The Bertz CT molecular complexity index is 744. The molecular weight excluding hydrogens is 275 g/mol. The topological polar surface area (TPSA) is 27.8 Å². The zero-order valence-electron chi connectivity index (χ0n) is 11.0. The molecule has 0 unspecified atom stereocenters. The molecule has 0 aliphatic rings. The van der Waals surface area contributed by atoms with Crippen LogP contribution in [0.3, 0.4) is 0 Å². The standard InChI is InChI=1S/C16H14ClFN2/c1-10-6-11(18)8-12(7-10)19-9-15-16(17)13-4-2-3-5-14(13)20-15/h2-8,19-20H,9H2,1H3. The maximum atomic E-state index is 13.3. The van der Waals surface area contributed by atoms with Crippen LogP contribution in [0.15, 0.2) is 42.5 Å². The van der Waals surface area contributed by atoms with Gasteiger partial charge < -0.3 is 10.3 Å². The van der Waals surface area contributed by atoms with E-state index in [1.807, 2.05) is 37.3 Å². The molecule has 0 fully saturated rings. The number of fused-ring (bicyclic) bond motifs is 1. The lowest BCUT2D eigenvalue weighted by Gasteiger charge is -2.07. The zero-order chi connectivity index (χ0) is 14.1. The van der Waals surface area contributed by atoms with E-state index < -0.39 is 0 Å². The van der Waals surface area contributed by atoms with Gasteiger partial charge in [0.2, 0.25) is 0 Å². The second-order valence-electron chi connectivity index (χ2n) is 4.83. The van der Waals surface area contributed by atoms with Crippen LogP contribution in [-0.4, -0.2) is 4.98 Å². The average Bonchev–Trinajstić information content (AvgIpc) is 2.73. The first kappa shape index (κ1) is 13.0. The molecule has 1 heterocycles. The summed E-state index contributed by atoms with van der Waals surface area (Å²) in [6.45, 7) is 2.39. The molecule has 4 heteroatoms. The number of aromatic nitrogens is 1. The Kier molecular flexibility index (Phi) is 3.36. The van der Waals surface area contributed by atoms with Crippen molar-refractivity contribution < 1.29 is 4.39 Å². The summed E-state index contributed by atoms with van der Waals surface area (Å²) in [5.41, 5.74) is 3.53. The number of para-hydroxylation sites is 1. The fourth-order valence-electron chi connectivity index (χ4n) is 2.31. The molecule has 20 heavy (non-hydrogen) atoms. The summed E-state index contributed by atoms with van der Waals surface area (Å²) in [4.78, 5) is 3.28. The minimum absolute atomic E-state index is 0.241. The monoisotopic (exact) mass is 288 g/mol. The van der Waals surface area contributed by atoms with Crippen molar-refractivity contribution in [3.8, 4) is 0 Å². The summed E-state index contributed by atoms with van der Waals surface area (Å²) < 4.78 is 13.3. The Morgan fingerprint density at radius 3 is 2.75 bits per heavy atom. The molecule has 0 saturated heterocycles. The molecule has 0 aliphatic carbocycles. The summed E-state index contributed by atoms with van der Waals surface area (Å²) in [6, 6.07) is 12.8. The van der Waals surface area contributed by atoms with Crippen LogP contribution in [0.25, 0.3) is 10.9 Å². The predicted octanol–water partition coefficient (Wildman–Crippen LogP) is 4.88. The minimum Gasteiger partial charge on any atom is -0.379 e. The van der Waals surface area contributed by atoms with Crippen molar-refractivity contribution in [1.29, 1.82) is 0 Å². The largest absolute Gasteiger partial charge is 0.379 e. The second-order valence-corrected chi connectivity index (χ2v) is 5.21. The van der Waals surface area contributed by atoms with Crippen molar-refractivity contribution in [2.75, 3.05) is 5.32 Å². The number of hydrogen-bond acceptors (Lipinski definition) is 1. The number of halogens is 2. The first-order valence-electron chi connectivity index (χ1n) is 6.39. The molecule has 3 aromatic rings. The average molecular weight is 289 g/mol. The lowest BCUT2D eigenvalue weighted by Crippen LogP contribution is -2.01. The maximum absolute atomic E-state index is 13.3. The highest BCUT2D eigenvalue weighted by Gasteiger charge is 2.08. The number of anilines is 1. The third-order valence-corrected chi connectivity index (χ3v) is 3.66. The molecule has 2 nitrogen and oxygen atoms in total. The van der Waals surface area contributed by atoms with Crippen molar-refractivity contribution in [2.24, 2.45) is 0 Å². The molecule has 1 aromatic heterocycles. The lowest BCUT2D eigenvalue weighted by atomic mass is 10.2. The van der Waals surface area contributed by atoms with Gasteiger partial charge in [0.05, 0.1) is 17.3 Å². The molecule has 2 N–H and O–H groups in total. The van der Waals surface area contributed by atoms with Crippen LogP contribution in [0.1, 0.15) is 11.3 Å². The van der Waals surface area contributed by atoms with E-state index in [1.54, 1.807) is 0 Å². The van der Waals surface area contributed by atoms with E-state index in [0.29, 0.717) is 11.6 Å². The van der Waals surface area contributed by atoms with E-state index in [1.165, 1.54) is 12.1 Å². The molecule has 0 bridgehead atoms. The molecule has 0 atom stereocenters. The lowest BCUT2D eigenvalue weighted by molar-refractivity contribution is 0.627. The van der Waals surface area contributed by atoms with Crippen molar-refractivity contribution in [2.45, 2.75) is 13.5 Å². The fraction of sp³-hybridized carbons (Fsp3) is 0.125. The highest BCUT2D eigenvalue weighted by Crippen LogP contribution is 2.27. The molecular formula is C16H14ClFN2. The Morgan fingerprint density at radius 2 is 2.00 bits per heavy atom. The molecule has 0 amide bonds. The van der Waals surface area contributed by atoms with Crippen molar-refractivity contribution in [3.63, 3.8) is 0 Å². The summed E-state index contributed by atoms with van der Waals surface area (Å²) in [5, 5.41) is 4.90. The van der Waals surface area contributed by atoms with Crippen LogP contribution in [0, 0.1) is 12.7 Å². The minimum atomic E-state index is -0.241. The van der Waals surface area contributed by atoms with Crippen LogP contribution in [0.5, 0.6) is 0 Å². The molecule has 0 spiro atoms. The summed E-state index contributed by atoms with van der Waals surface area (Å²) in [5.74, 6) is -0.241. The number of H-pyrrole nitrogens is 1. The normalized spacial score (nSPS) is 10.9. The van der Waals surface area contributed by atoms with Gasteiger partial charge in [0.15, 0.2) is 0 Å². The van der Waals surface area contributed by atoms with E-state index in [9.17, 15) is 4.39 Å². The van der Waals surface area contributed by atoms with Gasteiger partial charge in [-0.3, -0.25) is 0 Å². The van der Waals surface area contributed by atoms with Gasteiger partial charge in [0.1, 0.15) is 5.82 Å². The van der Waals surface area contributed by atoms with Crippen molar-refractivity contribution in [3.05, 3.63) is 64.6 Å². The molecule has 102 valence electrons. The third-order valence-electron chi connectivity index (χ3n) is 3.23. The summed E-state index contributed by atoms with van der Waals surface area (Å²) in [7, 11) is 0. The maximum Gasteiger partial charge on any atom is 0.125 e. The van der Waals surface area contributed by atoms with Gasteiger partial charge >= 0.3 is 0 Å². The van der Waals surface area contributed by atoms with E-state index >= 15 is 0 Å². The van der Waals surface area contributed by atoms with Crippen molar-refractivity contribution in [1.82, 2.24) is 4.98 Å². The molecule has 0 saturated carbocycles. The number of aromatic amines is 1. The number of nitrogens with one attached hydrogen (secondary N) is 2. The van der Waals surface area contributed by atoms with E-state index in [-0.39, 0.29) is 5.82 Å². The quantitative estimate of drug-likeness (QED) is 0.706. The third kappa shape index (κ3) is 2.49. The van der Waals surface area contributed by atoms with E-state index in [4.69, 9.17) is 11.6 Å². The summed E-state index contributed by atoms with van der Waals surface area (Å²) >= 11 is 6.34. The van der Waals surface area contributed by atoms with Crippen molar-refractivity contribution >= 4 is 28.2 Å². The van der Waals surface area contributed by atoms with Crippen LogP contribution < -0.4 is 5.32 Å². The SMILES string of the molecule is Cc1cc(F)cc(NCc2[nH]c3ccccc3c2Cl)c1. The van der Waals surface area contributed by atoms with Gasteiger partial charge in [0.25, 0.3) is 0 Å². The highest BCUT2D eigenvalue weighted by molar-refractivity contribution is 6.36. The van der Waals surface area contributed by atoms with Crippen LogP contribution in [-0.2, 0) is 6.54 Å². The molecule has 2 aromatic carbocycles. The van der Waals surface area contributed by atoms with Crippen LogP contribution >= 0.6 is 11.6 Å². The van der Waals surface area contributed by atoms with Gasteiger partial charge in [-0.2, -0.15) is 0 Å². The second kappa shape index (κ2) is 5.17. The van der Waals surface area contributed by atoms with Gasteiger partial charge in [-0.1, -0.05) is 29.8 Å². The molecule has 0 aliphatic heterocycles. The molecule has 3 rings (SSSR count). The van der Waals surface area contributed by atoms with Crippen LogP contribution in [0.4, 0.5) is 10.1 Å². The first-order chi connectivity index (χ1) is 9.63. The fourth-order valence-corrected chi connectivity index (χ4v) is 2.59. The van der Waals surface area contributed by atoms with Gasteiger partial charge in [0, 0.05) is 16.6 Å².